The van der Waals surface area contributed by atoms with Crippen molar-refractivity contribution in [1.82, 2.24) is 15.8 Å². The molecule has 0 saturated heterocycles. The summed E-state index contributed by atoms with van der Waals surface area (Å²) in [6.45, 7) is 3.83. The molecule has 0 heterocycles. The van der Waals surface area contributed by atoms with Crippen LogP contribution in [0.5, 0.6) is 0 Å². The van der Waals surface area contributed by atoms with E-state index in [1.807, 2.05) is 13.8 Å². The molecule has 4 N–H and O–H groups in total. The van der Waals surface area contributed by atoms with Crippen LogP contribution in [0.3, 0.4) is 0 Å². The second-order valence-corrected chi connectivity index (χ2v) is 3.74. The minimum atomic E-state index is -0.686. The molecular formula is C9H20N4O2. The number of nitrogens with one attached hydrogen (secondary N) is 2. The number of nitrogens with zero attached hydrogens (tertiary/aromatic N) is 1. The predicted octanol–water partition coefficient (Wildman–Crippen LogP) is -0.338. The number of carbonyl (C=O) groups is 2. The number of hydrogen-bond acceptors (Lipinski definition) is 3. The van der Waals surface area contributed by atoms with E-state index in [1.165, 1.54) is 5.01 Å². The standard InChI is InChI=1S/C9H20N4O2/c1-5-6(2)7(11-9(10)15)8(14)12-13(3)4/h6-7H,5H2,1-4H3,(H,12,14)(H3,10,11,15)/t6-,7-/m0/s1. The number of rotatable bonds is 5. The van der Waals surface area contributed by atoms with Gasteiger partial charge in [0.25, 0.3) is 5.91 Å². The molecule has 0 rings (SSSR count). The van der Waals surface area contributed by atoms with E-state index in [9.17, 15) is 9.59 Å². The lowest BCUT2D eigenvalue weighted by atomic mass is 9.99. The summed E-state index contributed by atoms with van der Waals surface area (Å²) < 4.78 is 0. The van der Waals surface area contributed by atoms with Crippen molar-refractivity contribution < 1.29 is 9.59 Å². The molecule has 0 aromatic heterocycles. The van der Waals surface area contributed by atoms with E-state index < -0.39 is 12.1 Å². The van der Waals surface area contributed by atoms with Gasteiger partial charge in [0.2, 0.25) is 0 Å². The summed E-state index contributed by atoms with van der Waals surface area (Å²) in [5, 5.41) is 3.96. The smallest absolute Gasteiger partial charge is 0.312 e. The number of nitrogens with two attached hydrogens (primary N) is 1. The zero-order chi connectivity index (χ0) is 12.0. The van der Waals surface area contributed by atoms with E-state index in [0.29, 0.717) is 0 Å². The fourth-order valence-electron chi connectivity index (χ4n) is 1.15. The van der Waals surface area contributed by atoms with Gasteiger partial charge >= 0.3 is 6.03 Å². The Balaban J connectivity index is 4.47. The molecule has 0 spiro atoms. The van der Waals surface area contributed by atoms with Gasteiger partial charge in [-0.05, 0) is 5.92 Å². The molecule has 6 heteroatoms. The van der Waals surface area contributed by atoms with Crippen molar-refractivity contribution in [2.75, 3.05) is 14.1 Å². The molecule has 0 radical (unpaired) electrons. The zero-order valence-electron chi connectivity index (χ0n) is 9.70. The van der Waals surface area contributed by atoms with Crippen LogP contribution in [0, 0.1) is 5.92 Å². The van der Waals surface area contributed by atoms with Crippen molar-refractivity contribution in [3.05, 3.63) is 0 Å². The summed E-state index contributed by atoms with van der Waals surface area (Å²) in [4.78, 5) is 22.4. The van der Waals surface area contributed by atoms with E-state index in [1.54, 1.807) is 14.1 Å². The lowest BCUT2D eigenvalue weighted by molar-refractivity contribution is -0.127. The molecule has 2 atom stereocenters. The van der Waals surface area contributed by atoms with Crippen LogP contribution in [0.1, 0.15) is 20.3 Å². The maximum Gasteiger partial charge on any atom is 0.312 e. The third-order valence-electron chi connectivity index (χ3n) is 2.13. The van der Waals surface area contributed by atoms with Gasteiger partial charge in [-0.25, -0.2) is 9.80 Å². The van der Waals surface area contributed by atoms with Crippen molar-refractivity contribution in [2.24, 2.45) is 11.7 Å². The van der Waals surface area contributed by atoms with Crippen LogP contribution < -0.4 is 16.5 Å². The summed E-state index contributed by atoms with van der Waals surface area (Å²) in [6.07, 6.45) is 0.784. The molecule has 0 unspecified atom stereocenters. The first kappa shape index (κ1) is 13.7. The summed E-state index contributed by atoms with van der Waals surface area (Å²) in [5.41, 5.74) is 7.60. The van der Waals surface area contributed by atoms with Gasteiger partial charge in [-0.2, -0.15) is 0 Å². The number of urea groups is 1. The fourth-order valence-corrected chi connectivity index (χ4v) is 1.15. The largest absolute Gasteiger partial charge is 0.352 e. The van der Waals surface area contributed by atoms with Crippen molar-refractivity contribution in [1.29, 1.82) is 0 Å². The van der Waals surface area contributed by atoms with Crippen LogP contribution in [-0.4, -0.2) is 37.1 Å². The molecule has 0 saturated carbocycles. The van der Waals surface area contributed by atoms with Gasteiger partial charge < -0.3 is 11.1 Å². The lowest BCUT2D eigenvalue weighted by Crippen LogP contribution is -2.54. The highest BCUT2D eigenvalue weighted by atomic mass is 16.2. The Hall–Kier alpha value is -1.30. The van der Waals surface area contributed by atoms with Gasteiger partial charge in [0.15, 0.2) is 0 Å². The van der Waals surface area contributed by atoms with Crippen molar-refractivity contribution in [3.8, 4) is 0 Å². The zero-order valence-corrected chi connectivity index (χ0v) is 9.70. The summed E-state index contributed by atoms with van der Waals surface area (Å²) in [5.74, 6) is -0.217. The van der Waals surface area contributed by atoms with Crippen LogP contribution in [-0.2, 0) is 4.79 Å². The van der Waals surface area contributed by atoms with Gasteiger partial charge in [-0.1, -0.05) is 20.3 Å². The molecule has 0 aliphatic carbocycles. The van der Waals surface area contributed by atoms with Gasteiger partial charge in [-0.3, -0.25) is 10.2 Å². The summed E-state index contributed by atoms with van der Waals surface area (Å²) >= 11 is 0. The topological polar surface area (TPSA) is 87.5 Å². The van der Waals surface area contributed by atoms with E-state index in [-0.39, 0.29) is 11.8 Å². The first-order valence-electron chi connectivity index (χ1n) is 4.92. The molecular weight excluding hydrogens is 196 g/mol. The Labute approximate surface area is 90.2 Å². The lowest BCUT2D eigenvalue weighted by Gasteiger charge is -2.24. The van der Waals surface area contributed by atoms with E-state index in [2.05, 4.69) is 10.7 Å². The molecule has 0 aromatic carbocycles. The van der Waals surface area contributed by atoms with Crippen LogP contribution in [0.25, 0.3) is 0 Å². The number of primary amides is 1. The Morgan fingerprint density at radius 3 is 2.27 bits per heavy atom. The number of amides is 3. The fraction of sp³-hybridized carbons (Fsp3) is 0.778. The highest BCUT2D eigenvalue weighted by molar-refractivity contribution is 5.86. The van der Waals surface area contributed by atoms with Crippen molar-refractivity contribution in [2.45, 2.75) is 26.3 Å². The van der Waals surface area contributed by atoms with Crippen LogP contribution in [0.2, 0.25) is 0 Å². The molecule has 0 aromatic rings. The molecule has 3 amide bonds. The molecule has 15 heavy (non-hydrogen) atoms. The van der Waals surface area contributed by atoms with Gasteiger partial charge in [0.1, 0.15) is 6.04 Å². The first-order valence-corrected chi connectivity index (χ1v) is 4.92. The van der Waals surface area contributed by atoms with E-state index >= 15 is 0 Å². The first-order chi connectivity index (χ1) is 6.88. The number of hydrogen-bond donors (Lipinski definition) is 3. The Morgan fingerprint density at radius 2 is 1.93 bits per heavy atom. The summed E-state index contributed by atoms with van der Waals surface area (Å²) in [6, 6.07) is -1.27. The molecule has 0 bridgehead atoms. The monoisotopic (exact) mass is 216 g/mol. The van der Waals surface area contributed by atoms with Crippen LogP contribution in [0.4, 0.5) is 4.79 Å². The Morgan fingerprint density at radius 1 is 1.40 bits per heavy atom. The SMILES string of the molecule is CC[C@H](C)[C@H](NC(N)=O)C(=O)NN(C)C. The third-order valence-corrected chi connectivity index (χ3v) is 2.13. The molecule has 0 aliphatic heterocycles. The summed E-state index contributed by atoms with van der Waals surface area (Å²) in [7, 11) is 3.41. The van der Waals surface area contributed by atoms with Crippen LogP contribution >= 0.6 is 0 Å². The second-order valence-electron chi connectivity index (χ2n) is 3.74. The quantitative estimate of drug-likeness (QED) is 0.549. The maximum absolute atomic E-state index is 11.7. The average Bonchev–Trinajstić information content (AvgIpc) is 2.11. The Bertz CT molecular complexity index is 230. The minimum absolute atomic E-state index is 0.0393. The normalized spacial score (nSPS) is 14.5. The van der Waals surface area contributed by atoms with Crippen molar-refractivity contribution >= 4 is 11.9 Å². The highest BCUT2D eigenvalue weighted by Crippen LogP contribution is 2.07. The molecule has 0 aliphatic rings. The molecule has 88 valence electrons. The third kappa shape index (κ3) is 5.21. The number of carbonyl (C=O) groups excluding carboxylic acids is 2. The predicted molar refractivity (Wildman–Crippen MR) is 57.8 cm³/mol. The van der Waals surface area contributed by atoms with Gasteiger partial charge in [0, 0.05) is 14.1 Å². The van der Waals surface area contributed by atoms with Crippen LogP contribution in [0.15, 0.2) is 0 Å². The number of hydrazine groups is 1. The second kappa shape index (κ2) is 6.23. The molecule has 6 nitrogen and oxygen atoms in total. The maximum atomic E-state index is 11.7. The highest BCUT2D eigenvalue weighted by Gasteiger charge is 2.25. The minimum Gasteiger partial charge on any atom is -0.352 e. The van der Waals surface area contributed by atoms with E-state index in [4.69, 9.17) is 5.73 Å². The molecule has 0 fully saturated rings. The Kier molecular flexibility index (Phi) is 5.69. The van der Waals surface area contributed by atoms with Gasteiger partial charge in [-0.15, -0.1) is 0 Å². The average molecular weight is 216 g/mol. The van der Waals surface area contributed by atoms with Gasteiger partial charge in [0.05, 0.1) is 0 Å². The van der Waals surface area contributed by atoms with Crippen molar-refractivity contribution in [3.63, 3.8) is 0 Å². The van der Waals surface area contributed by atoms with E-state index in [0.717, 1.165) is 6.42 Å².